The lowest BCUT2D eigenvalue weighted by Gasteiger charge is -2.36. The number of hydrogen-bond acceptors (Lipinski definition) is 5. The van der Waals surface area contributed by atoms with Crippen molar-refractivity contribution >= 4 is 30.1 Å². The van der Waals surface area contributed by atoms with Gasteiger partial charge >= 0.3 is 0 Å². The van der Waals surface area contributed by atoms with Gasteiger partial charge in [0.25, 0.3) is 5.91 Å². The Bertz CT molecular complexity index is 926. The number of nitrogens with one attached hydrogen (secondary N) is 1. The number of para-hydroxylation sites is 1. The smallest absolute Gasteiger partial charge is 0.250 e. The minimum atomic E-state index is -0.0265. The number of benzene rings is 2. The van der Waals surface area contributed by atoms with Crippen molar-refractivity contribution in [2.24, 2.45) is 0 Å². The number of carbonyl (C=O) groups excluding carboxylic acids is 1. The van der Waals surface area contributed by atoms with Crippen molar-refractivity contribution < 1.29 is 14.3 Å². The summed E-state index contributed by atoms with van der Waals surface area (Å²) in [5.74, 6) is 1.72. The van der Waals surface area contributed by atoms with E-state index in [0.29, 0.717) is 18.7 Å². The van der Waals surface area contributed by atoms with Crippen molar-refractivity contribution in [2.45, 2.75) is 12.8 Å². The van der Waals surface area contributed by atoms with E-state index >= 15 is 0 Å². The Morgan fingerprint density at radius 2 is 1.88 bits per heavy atom. The van der Waals surface area contributed by atoms with Crippen LogP contribution in [0.1, 0.15) is 18.4 Å². The second kappa shape index (κ2) is 11.8. The number of amides is 1. The summed E-state index contributed by atoms with van der Waals surface area (Å²) in [7, 11) is 1.71. The number of unbranched alkanes of at least 4 members (excludes halogenated alkanes) is 1. The van der Waals surface area contributed by atoms with Crippen LogP contribution in [0.5, 0.6) is 11.5 Å². The molecule has 0 aromatic heterocycles. The van der Waals surface area contributed by atoms with Gasteiger partial charge < -0.3 is 19.7 Å². The molecule has 2 aromatic rings. The molecule has 7 heteroatoms. The van der Waals surface area contributed by atoms with Crippen LogP contribution < -0.4 is 19.7 Å². The summed E-state index contributed by atoms with van der Waals surface area (Å²) in [6.07, 6.45) is 3.99. The lowest BCUT2D eigenvalue weighted by atomic mass is 10.1. The van der Waals surface area contributed by atoms with Crippen LogP contribution in [0, 0.1) is 0 Å². The predicted octanol–water partition coefficient (Wildman–Crippen LogP) is 3.61. The SMILES string of the molecule is COc1cccc(N2CCN(CCCCNC(=O)C3=Cc4ccccc4OC3)CC2)c1.Cl. The Morgan fingerprint density at radius 3 is 2.69 bits per heavy atom. The summed E-state index contributed by atoms with van der Waals surface area (Å²) in [6, 6.07) is 16.1. The van der Waals surface area contributed by atoms with E-state index in [1.54, 1.807) is 7.11 Å². The Balaban J connectivity index is 0.00000289. The second-order valence-electron chi connectivity index (χ2n) is 7.99. The van der Waals surface area contributed by atoms with E-state index in [1.165, 1.54) is 5.69 Å². The molecular weight excluding hydrogens is 426 g/mol. The molecule has 0 atom stereocenters. The highest BCUT2D eigenvalue weighted by Crippen LogP contribution is 2.25. The normalized spacial score (nSPS) is 15.7. The third kappa shape index (κ3) is 6.17. The van der Waals surface area contributed by atoms with Crippen LogP contribution in [0.2, 0.25) is 0 Å². The molecule has 2 aromatic carbocycles. The highest BCUT2D eigenvalue weighted by Gasteiger charge is 2.18. The largest absolute Gasteiger partial charge is 0.497 e. The van der Waals surface area contributed by atoms with Crippen LogP contribution >= 0.6 is 12.4 Å². The average molecular weight is 458 g/mol. The fraction of sp³-hybridized carbons (Fsp3) is 0.400. The van der Waals surface area contributed by atoms with Crippen LogP contribution in [0.15, 0.2) is 54.1 Å². The number of nitrogens with zero attached hydrogens (tertiary/aromatic N) is 2. The molecule has 0 bridgehead atoms. The quantitative estimate of drug-likeness (QED) is 0.614. The summed E-state index contributed by atoms with van der Waals surface area (Å²) in [4.78, 5) is 17.3. The maximum atomic E-state index is 12.4. The average Bonchev–Trinajstić information content (AvgIpc) is 2.84. The molecule has 0 radical (unpaired) electrons. The molecule has 0 unspecified atom stereocenters. The Morgan fingerprint density at radius 1 is 1.06 bits per heavy atom. The van der Waals surface area contributed by atoms with Crippen LogP contribution in [0.3, 0.4) is 0 Å². The van der Waals surface area contributed by atoms with Gasteiger partial charge in [0, 0.05) is 50.0 Å². The van der Waals surface area contributed by atoms with E-state index in [9.17, 15) is 4.79 Å². The van der Waals surface area contributed by atoms with E-state index in [0.717, 1.165) is 62.6 Å². The topological polar surface area (TPSA) is 54.0 Å². The number of hydrogen-bond donors (Lipinski definition) is 1. The number of ether oxygens (including phenoxy) is 2. The van der Waals surface area contributed by atoms with E-state index in [2.05, 4.69) is 27.2 Å². The van der Waals surface area contributed by atoms with Crippen molar-refractivity contribution in [3.05, 3.63) is 59.7 Å². The molecule has 0 spiro atoms. The van der Waals surface area contributed by atoms with Gasteiger partial charge in [0.15, 0.2) is 0 Å². The van der Waals surface area contributed by atoms with Crippen LogP contribution in [-0.4, -0.2) is 63.8 Å². The first-order chi connectivity index (χ1) is 15.2. The molecule has 6 nitrogen and oxygen atoms in total. The molecule has 1 saturated heterocycles. The molecule has 2 heterocycles. The van der Waals surface area contributed by atoms with Gasteiger partial charge in [-0.2, -0.15) is 0 Å². The molecule has 0 aliphatic carbocycles. The van der Waals surface area contributed by atoms with Crippen LogP contribution in [0.4, 0.5) is 5.69 Å². The van der Waals surface area contributed by atoms with E-state index < -0.39 is 0 Å². The van der Waals surface area contributed by atoms with Gasteiger partial charge in [0.05, 0.1) is 12.7 Å². The summed E-state index contributed by atoms with van der Waals surface area (Å²) >= 11 is 0. The number of piperazine rings is 1. The first kappa shape index (κ1) is 24.0. The predicted molar refractivity (Wildman–Crippen MR) is 131 cm³/mol. The fourth-order valence-electron chi connectivity index (χ4n) is 4.06. The van der Waals surface area contributed by atoms with Gasteiger partial charge in [0.1, 0.15) is 18.1 Å². The lowest BCUT2D eigenvalue weighted by molar-refractivity contribution is -0.117. The molecule has 0 saturated carbocycles. The molecule has 1 amide bonds. The fourth-order valence-corrected chi connectivity index (χ4v) is 4.06. The summed E-state index contributed by atoms with van der Waals surface area (Å²) in [5.41, 5.74) is 2.88. The molecule has 4 rings (SSSR count). The number of carbonyl (C=O) groups is 1. The Kier molecular flexibility index (Phi) is 8.82. The number of halogens is 1. The number of anilines is 1. The zero-order chi connectivity index (χ0) is 21.5. The standard InChI is InChI=1S/C25H31N3O3.ClH/c1-30-23-9-6-8-22(18-23)28-15-13-27(14-16-28)12-5-4-11-26-25(29)21-17-20-7-2-3-10-24(20)31-19-21;/h2-3,6-10,17-18H,4-5,11-16,19H2,1H3,(H,26,29);1H. The maximum absolute atomic E-state index is 12.4. The van der Waals surface area contributed by atoms with Crippen LogP contribution in [0.25, 0.3) is 6.08 Å². The van der Waals surface area contributed by atoms with E-state index in [1.807, 2.05) is 42.5 Å². The van der Waals surface area contributed by atoms with Gasteiger partial charge in [0.2, 0.25) is 0 Å². The Labute approximate surface area is 196 Å². The molecule has 172 valence electrons. The van der Waals surface area contributed by atoms with E-state index in [-0.39, 0.29) is 18.3 Å². The van der Waals surface area contributed by atoms with Gasteiger partial charge in [-0.05, 0) is 43.7 Å². The van der Waals surface area contributed by atoms with Gasteiger partial charge in [-0.25, -0.2) is 0 Å². The van der Waals surface area contributed by atoms with Gasteiger partial charge in [-0.3, -0.25) is 9.69 Å². The first-order valence-corrected chi connectivity index (χ1v) is 11.0. The second-order valence-corrected chi connectivity index (χ2v) is 7.99. The van der Waals surface area contributed by atoms with Gasteiger partial charge in [-0.15, -0.1) is 12.4 Å². The minimum Gasteiger partial charge on any atom is -0.497 e. The number of fused-ring (bicyclic) bond motifs is 1. The zero-order valence-corrected chi connectivity index (χ0v) is 19.4. The number of rotatable bonds is 8. The third-order valence-electron chi connectivity index (χ3n) is 5.90. The summed E-state index contributed by atoms with van der Waals surface area (Å²) < 4.78 is 11.0. The molecule has 2 aliphatic rings. The van der Waals surface area contributed by atoms with Crippen molar-refractivity contribution in [3.8, 4) is 11.5 Å². The third-order valence-corrected chi connectivity index (χ3v) is 5.90. The summed E-state index contributed by atoms with van der Waals surface area (Å²) in [5, 5.41) is 3.03. The van der Waals surface area contributed by atoms with Crippen LogP contribution in [-0.2, 0) is 4.79 Å². The summed E-state index contributed by atoms with van der Waals surface area (Å²) in [6.45, 7) is 6.28. The molecule has 32 heavy (non-hydrogen) atoms. The lowest BCUT2D eigenvalue weighted by Crippen LogP contribution is -2.46. The Hall–Kier alpha value is -2.70. The zero-order valence-electron chi connectivity index (χ0n) is 18.6. The number of methoxy groups -OCH3 is 1. The highest BCUT2D eigenvalue weighted by molar-refractivity contribution is 5.99. The van der Waals surface area contributed by atoms with Gasteiger partial charge in [-0.1, -0.05) is 24.3 Å². The molecular formula is C25H32ClN3O3. The monoisotopic (exact) mass is 457 g/mol. The highest BCUT2D eigenvalue weighted by atomic mass is 35.5. The molecule has 1 fully saturated rings. The van der Waals surface area contributed by atoms with Crippen molar-refractivity contribution in [3.63, 3.8) is 0 Å². The van der Waals surface area contributed by atoms with E-state index in [4.69, 9.17) is 9.47 Å². The minimum absolute atomic E-state index is 0. The van der Waals surface area contributed by atoms with Crippen molar-refractivity contribution in [1.29, 1.82) is 0 Å². The van der Waals surface area contributed by atoms with Crippen molar-refractivity contribution in [2.75, 3.05) is 57.9 Å². The van der Waals surface area contributed by atoms with Crippen molar-refractivity contribution in [1.82, 2.24) is 10.2 Å². The first-order valence-electron chi connectivity index (χ1n) is 11.0. The molecule has 2 aliphatic heterocycles. The molecule has 1 N–H and O–H groups in total. The maximum Gasteiger partial charge on any atom is 0.250 e.